The summed E-state index contributed by atoms with van der Waals surface area (Å²) in [5, 5.41) is 8.61. The van der Waals surface area contributed by atoms with E-state index in [1.165, 1.54) is 36.5 Å². The highest BCUT2D eigenvalue weighted by Crippen LogP contribution is 2.32. The number of aromatic nitrogens is 1. The number of benzene rings is 2. The van der Waals surface area contributed by atoms with Crippen molar-refractivity contribution >= 4 is 16.7 Å². The van der Waals surface area contributed by atoms with Gasteiger partial charge in [0.2, 0.25) is 5.88 Å². The van der Waals surface area contributed by atoms with E-state index in [9.17, 15) is 18.0 Å². The fourth-order valence-electron chi connectivity index (χ4n) is 2.07. The van der Waals surface area contributed by atoms with Crippen molar-refractivity contribution in [3.63, 3.8) is 0 Å². The zero-order valence-electron chi connectivity index (χ0n) is 11.4. The smallest absolute Gasteiger partial charge is 0.335 e. The lowest BCUT2D eigenvalue weighted by Gasteiger charge is -2.09. The number of halogens is 3. The molecule has 0 saturated carbocycles. The summed E-state index contributed by atoms with van der Waals surface area (Å²) in [5.41, 5.74) is 0.0440. The molecule has 0 bridgehead atoms. The zero-order valence-corrected chi connectivity index (χ0v) is 11.4. The summed E-state index contributed by atoms with van der Waals surface area (Å²) in [5.74, 6) is -5.50. The average Bonchev–Trinajstić information content (AvgIpc) is 2.53. The van der Waals surface area contributed by atoms with E-state index < -0.39 is 23.4 Å². The molecule has 0 spiro atoms. The maximum Gasteiger partial charge on any atom is 0.335 e. The topological polar surface area (TPSA) is 59.4 Å². The molecule has 1 heterocycles. The van der Waals surface area contributed by atoms with Crippen molar-refractivity contribution in [2.24, 2.45) is 0 Å². The molecule has 0 radical (unpaired) electrons. The molecular formula is C16H8F3NO3. The maximum atomic E-state index is 14.0. The number of fused-ring (bicyclic) bond motifs is 1. The van der Waals surface area contributed by atoms with Crippen molar-refractivity contribution in [3.8, 4) is 11.6 Å². The summed E-state index contributed by atoms with van der Waals surface area (Å²) in [7, 11) is 0. The number of ether oxygens (including phenoxy) is 1. The molecule has 0 fully saturated rings. The number of carboxylic acid groups (broad SMARTS) is 1. The fourth-order valence-corrected chi connectivity index (χ4v) is 2.07. The van der Waals surface area contributed by atoms with Crippen molar-refractivity contribution in [1.82, 2.24) is 4.98 Å². The van der Waals surface area contributed by atoms with Gasteiger partial charge >= 0.3 is 5.97 Å². The highest BCUT2D eigenvalue weighted by Gasteiger charge is 2.18. The largest absolute Gasteiger partial charge is 0.478 e. The molecule has 7 heteroatoms. The third kappa shape index (κ3) is 2.68. The lowest BCUT2D eigenvalue weighted by Crippen LogP contribution is -1.98. The Bertz CT molecular complexity index is 911. The van der Waals surface area contributed by atoms with Gasteiger partial charge in [-0.25, -0.2) is 22.9 Å². The molecule has 4 nitrogen and oxygen atoms in total. The number of nitrogens with zero attached hydrogens (tertiary/aromatic N) is 1. The van der Waals surface area contributed by atoms with E-state index in [4.69, 9.17) is 9.84 Å². The fraction of sp³-hybridized carbons (Fsp3) is 0. The van der Waals surface area contributed by atoms with Gasteiger partial charge in [-0.15, -0.1) is 0 Å². The molecule has 0 saturated heterocycles. The number of hydrogen-bond acceptors (Lipinski definition) is 3. The highest BCUT2D eigenvalue weighted by molar-refractivity contribution is 5.88. The SMILES string of the molecule is O=C(O)c1ccc(Oc2nccc3cc(F)c(F)c(F)c23)cc1. The van der Waals surface area contributed by atoms with Gasteiger partial charge < -0.3 is 9.84 Å². The van der Waals surface area contributed by atoms with Crippen molar-refractivity contribution in [2.75, 3.05) is 0 Å². The maximum absolute atomic E-state index is 14.0. The molecule has 116 valence electrons. The lowest BCUT2D eigenvalue weighted by atomic mass is 10.1. The van der Waals surface area contributed by atoms with Crippen LogP contribution in [0.5, 0.6) is 11.6 Å². The van der Waals surface area contributed by atoms with Gasteiger partial charge in [-0.3, -0.25) is 0 Å². The Balaban J connectivity index is 2.06. The van der Waals surface area contributed by atoms with Crippen molar-refractivity contribution in [3.05, 3.63) is 65.6 Å². The molecule has 0 atom stereocenters. The first-order valence-electron chi connectivity index (χ1n) is 6.41. The average molecular weight is 319 g/mol. The quantitative estimate of drug-likeness (QED) is 0.737. The summed E-state index contributed by atoms with van der Waals surface area (Å²) < 4.78 is 46.0. The van der Waals surface area contributed by atoms with Crippen LogP contribution in [0.1, 0.15) is 10.4 Å². The van der Waals surface area contributed by atoms with Crippen LogP contribution >= 0.6 is 0 Å². The molecule has 3 rings (SSSR count). The van der Waals surface area contributed by atoms with Crippen LogP contribution in [0, 0.1) is 17.5 Å². The van der Waals surface area contributed by atoms with Gasteiger partial charge in [-0.2, -0.15) is 0 Å². The first-order valence-corrected chi connectivity index (χ1v) is 6.41. The van der Waals surface area contributed by atoms with E-state index >= 15 is 0 Å². The van der Waals surface area contributed by atoms with Crippen LogP contribution in [0.4, 0.5) is 13.2 Å². The minimum absolute atomic E-state index is 0.0440. The van der Waals surface area contributed by atoms with Gasteiger partial charge in [0.05, 0.1) is 10.9 Å². The summed E-state index contributed by atoms with van der Waals surface area (Å²) in [6.45, 7) is 0. The second-order valence-electron chi connectivity index (χ2n) is 4.63. The number of carboxylic acids is 1. The molecule has 0 unspecified atom stereocenters. The summed E-state index contributed by atoms with van der Waals surface area (Å²) >= 11 is 0. The molecule has 0 amide bonds. The van der Waals surface area contributed by atoms with Crippen LogP contribution in [-0.4, -0.2) is 16.1 Å². The van der Waals surface area contributed by atoms with Gasteiger partial charge in [0.1, 0.15) is 5.75 Å². The molecule has 1 N–H and O–H groups in total. The Kier molecular flexibility index (Phi) is 3.61. The second kappa shape index (κ2) is 5.60. The standard InChI is InChI=1S/C16H8F3NO3/c17-11-7-9-5-6-20-15(12(9)14(19)13(11)18)23-10-3-1-8(2-4-10)16(21)22/h1-7H,(H,21,22). The summed E-state index contributed by atoms with van der Waals surface area (Å²) in [4.78, 5) is 14.6. The van der Waals surface area contributed by atoms with Gasteiger partial charge in [0, 0.05) is 6.20 Å². The summed E-state index contributed by atoms with van der Waals surface area (Å²) in [6.07, 6.45) is 1.26. The Morgan fingerprint density at radius 2 is 1.74 bits per heavy atom. The van der Waals surface area contributed by atoms with Crippen molar-refractivity contribution < 1.29 is 27.8 Å². The van der Waals surface area contributed by atoms with E-state index in [-0.39, 0.29) is 28.0 Å². The molecule has 3 aromatic rings. The number of rotatable bonds is 3. The van der Waals surface area contributed by atoms with E-state index in [0.29, 0.717) is 0 Å². The second-order valence-corrected chi connectivity index (χ2v) is 4.63. The Labute approximate surface area is 127 Å². The molecule has 23 heavy (non-hydrogen) atoms. The van der Waals surface area contributed by atoms with Crippen molar-refractivity contribution in [2.45, 2.75) is 0 Å². The first-order chi connectivity index (χ1) is 11.0. The third-order valence-corrected chi connectivity index (χ3v) is 3.17. The Morgan fingerprint density at radius 1 is 1.04 bits per heavy atom. The number of aromatic carboxylic acids is 1. The first kappa shape index (κ1) is 14.8. The molecular weight excluding hydrogens is 311 g/mol. The van der Waals surface area contributed by atoms with E-state index in [0.717, 1.165) is 6.07 Å². The molecule has 0 aliphatic heterocycles. The monoisotopic (exact) mass is 319 g/mol. The van der Waals surface area contributed by atoms with Gasteiger partial charge in [0.15, 0.2) is 17.5 Å². The van der Waals surface area contributed by atoms with Crippen LogP contribution < -0.4 is 4.74 Å². The third-order valence-electron chi connectivity index (χ3n) is 3.17. The predicted octanol–water partition coefficient (Wildman–Crippen LogP) is 4.14. The molecule has 1 aromatic heterocycles. The van der Waals surface area contributed by atoms with Gasteiger partial charge in [-0.05, 0) is 41.8 Å². The Morgan fingerprint density at radius 3 is 2.39 bits per heavy atom. The predicted molar refractivity (Wildman–Crippen MR) is 75.1 cm³/mol. The van der Waals surface area contributed by atoms with Gasteiger partial charge in [-0.1, -0.05) is 0 Å². The van der Waals surface area contributed by atoms with E-state index in [2.05, 4.69) is 4.98 Å². The van der Waals surface area contributed by atoms with Crippen LogP contribution in [0.15, 0.2) is 42.6 Å². The van der Waals surface area contributed by atoms with Crippen molar-refractivity contribution in [1.29, 1.82) is 0 Å². The summed E-state index contributed by atoms with van der Waals surface area (Å²) in [6, 6.07) is 7.44. The van der Waals surface area contributed by atoms with Gasteiger partial charge in [0.25, 0.3) is 0 Å². The van der Waals surface area contributed by atoms with E-state index in [1.807, 2.05) is 0 Å². The normalized spacial score (nSPS) is 10.7. The number of pyridine rings is 1. The zero-order chi connectivity index (χ0) is 16.6. The number of hydrogen-bond donors (Lipinski definition) is 1. The van der Waals surface area contributed by atoms with Crippen LogP contribution in [0.25, 0.3) is 10.8 Å². The molecule has 2 aromatic carbocycles. The molecule has 0 aliphatic carbocycles. The highest BCUT2D eigenvalue weighted by atomic mass is 19.2. The number of carbonyl (C=O) groups is 1. The Hall–Kier alpha value is -3.09. The molecule has 0 aliphatic rings. The minimum Gasteiger partial charge on any atom is -0.478 e. The van der Waals surface area contributed by atoms with E-state index in [1.54, 1.807) is 0 Å². The lowest BCUT2D eigenvalue weighted by molar-refractivity contribution is 0.0697. The minimum atomic E-state index is -1.61. The van der Waals surface area contributed by atoms with Crippen LogP contribution in [0.2, 0.25) is 0 Å². The van der Waals surface area contributed by atoms with Crippen LogP contribution in [-0.2, 0) is 0 Å². The van der Waals surface area contributed by atoms with Crippen LogP contribution in [0.3, 0.4) is 0 Å².